The van der Waals surface area contributed by atoms with E-state index in [1.807, 2.05) is 18.2 Å². The second-order valence-electron chi connectivity index (χ2n) is 5.64. The van der Waals surface area contributed by atoms with Gasteiger partial charge in [0, 0.05) is 16.1 Å². The minimum Gasteiger partial charge on any atom is -0.493 e. The molecule has 0 unspecified atom stereocenters. The summed E-state index contributed by atoms with van der Waals surface area (Å²) < 4.78 is 28.0. The fourth-order valence-corrected chi connectivity index (χ4v) is 2.95. The highest BCUT2D eigenvalue weighted by molar-refractivity contribution is 9.10. The second kappa shape index (κ2) is 8.81. The van der Waals surface area contributed by atoms with Crippen LogP contribution in [0.3, 0.4) is 0 Å². The van der Waals surface area contributed by atoms with Gasteiger partial charge >= 0.3 is 5.97 Å². The average Bonchev–Trinajstić information content (AvgIpc) is 2.70. The Morgan fingerprint density at radius 1 is 1.11 bits per heavy atom. The lowest BCUT2D eigenvalue weighted by atomic mass is 10.2. The Labute approximate surface area is 165 Å². The number of hydrogen-bond acceptors (Lipinski definition) is 6. The van der Waals surface area contributed by atoms with Crippen molar-refractivity contribution < 1.29 is 28.5 Å². The van der Waals surface area contributed by atoms with E-state index in [0.29, 0.717) is 37.1 Å². The molecule has 0 aliphatic carbocycles. The first kappa shape index (κ1) is 19.1. The Bertz CT molecular complexity index is 862. The van der Waals surface area contributed by atoms with Crippen molar-refractivity contribution in [2.75, 3.05) is 27.4 Å². The van der Waals surface area contributed by atoms with Crippen LogP contribution in [0.15, 0.2) is 40.9 Å². The zero-order valence-electron chi connectivity index (χ0n) is 15.0. The third-order valence-electron chi connectivity index (χ3n) is 3.90. The quantitative estimate of drug-likeness (QED) is 0.505. The number of carbonyl (C=O) groups excluding carboxylic acids is 1. The minimum absolute atomic E-state index is 0.324. The first-order valence-corrected chi connectivity index (χ1v) is 9.05. The van der Waals surface area contributed by atoms with Crippen LogP contribution < -0.4 is 18.9 Å². The lowest BCUT2D eigenvalue weighted by Gasteiger charge is -2.20. The molecule has 6 nitrogen and oxygen atoms in total. The molecule has 0 spiro atoms. The van der Waals surface area contributed by atoms with E-state index < -0.39 is 5.97 Å². The zero-order chi connectivity index (χ0) is 19.2. The van der Waals surface area contributed by atoms with Crippen LogP contribution in [0.4, 0.5) is 0 Å². The number of fused-ring (bicyclic) bond motifs is 1. The van der Waals surface area contributed by atoms with Gasteiger partial charge in [0.15, 0.2) is 23.0 Å². The third kappa shape index (κ3) is 4.74. The van der Waals surface area contributed by atoms with Crippen LogP contribution in [-0.4, -0.2) is 33.4 Å². The maximum Gasteiger partial charge on any atom is 0.330 e. The van der Waals surface area contributed by atoms with E-state index in [9.17, 15) is 4.79 Å². The zero-order valence-corrected chi connectivity index (χ0v) is 16.6. The van der Waals surface area contributed by atoms with Gasteiger partial charge in [-0.2, -0.15) is 0 Å². The Hall–Kier alpha value is -2.67. The van der Waals surface area contributed by atoms with Crippen molar-refractivity contribution in [1.29, 1.82) is 0 Å². The molecule has 1 aliphatic heterocycles. The van der Waals surface area contributed by atoms with Crippen LogP contribution in [-0.2, 0) is 16.1 Å². The van der Waals surface area contributed by atoms with Crippen molar-refractivity contribution in [3.63, 3.8) is 0 Å². The van der Waals surface area contributed by atoms with E-state index in [1.54, 1.807) is 25.3 Å². The van der Waals surface area contributed by atoms with Gasteiger partial charge in [-0.3, -0.25) is 0 Å². The summed E-state index contributed by atoms with van der Waals surface area (Å²) in [6.07, 6.45) is 3.00. The van der Waals surface area contributed by atoms with Gasteiger partial charge in [0.2, 0.25) is 0 Å². The Balaban J connectivity index is 1.74. The summed E-state index contributed by atoms with van der Waals surface area (Å²) >= 11 is 3.54. The lowest BCUT2D eigenvalue weighted by molar-refractivity contribution is -0.134. The van der Waals surface area contributed by atoms with E-state index in [0.717, 1.165) is 21.3 Å². The largest absolute Gasteiger partial charge is 0.493 e. The van der Waals surface area contributed by atoms with Crippen LogP contribution in [0.1, 0.15) is 11.1 Å². The topological polar surface area (TPSA) is 63.2 Å². The molecule has 7 heteroatoms. The summed E-state index contributed by atoms with van der Waals surface area (Å²) in [6.45, 7) is 1.40. The van der Waals surface area contributed by atoms with Gasteiger partial charge in [-0.15, -0.1) is 0 Å². The fraction of sp³-hybridized carbons (Fsp3) is 0.250. The van der Waals surface area contributed by atoms with Gasteiger partial charge in [-0.05, 0) is 35.9 Å². The van der Waals surface area contributed by atoms with Gasteiger partial charge < -0.3 is 23.7 Å². The van der Waals surface area contributed by atoms with Crippen LogP contribution in [0.5, 0.6) is 23.0 Å². The molecule has 2 aromatic rings. The summed E-state index contributed by atoms with van der Waals surface area (Å²) in [7, 11) is 2.90. The van der Waals surface area contributed by atoms with Gasteiger partial charge in [-0.1, -0.05) is 22.0 Å². The number of rotatable bonds is 6. The van der Waals surface area contributed by atoms with E-state index >= 15 is 0 Å². The number of halogens is 1. The van der Waals surface area contributed by atoms with Gasteiger partial charge in [0.1, 0.15) is 19.8 Å². The van der Waals surface area contributed by atoms with Crippen LogP contribution >= 0.6 is 15.9 Å². The summed E-state index contributed by atoms with van der Waals surface area (Å²) in [5.74, 6) is 2.16. The summed E-state index contributed by atoms with van der Waals surface area (Å²) in [5, 5.41) is 0. The molecule has 0 atom stereocenters. The van der Waals surface area contributed by atoms with E-state index in [1.165, 1.54) is 13.2 Å². The van der Waals surface area contributed by atoms with E-state index in [2.05, 4.69) is 20.7 Å². The van der Waals surface area contributed by atoms with E-state index in [-0.39, 0.29) is 0 Å². The molecule has 2 aromatic carbocycles. The molecular weight excluding hydrogens is 416 g/mol. The van der Waals surface area contributed by atoms with Gasteiger partial charge in [0.05, 0.1) is 14.2 Å². The molecule has 0 fully saturated rings. The minimum atomic E-state index is -0.419. The monoisotopic (exact) mass is 434 g/mol. The molecule has 0 bridgehead atoms. The number of benzene rings is 2. The maximum absolute atomic E-state index is 11.2. The van der Waals surface area contributed by atoms with Gasteiger partial charge in [0.25, 0.3) is 0 Å². The van der Waals surface area contributed by atoms with Crippen molar-refractivity contribution in [2.24, 2.45) is 0 Å². The maximum atomic E-state index is 11.2. The molecule has 0 saturated carbocycles. The number of esters is 1. The number of carbonyl (C=O) groups is 1. The number of hydrogen-bond donors (Lipinski definition) is 0. The fourth-order valence-electron chi connectivity index (χ4n) is 2.51. The number of methoxy groups -OCH3 is 2. The molecule has 1 heterocycles. The second-order valence-corrected chi connectivity index (χ2v) is 6.50. The average molecular weight is 435 g/mol. The molecule has 27 heavy (non-hydrogen) atoms. The smallest absolute Gasteiger partial charge is 0.330 e. The van der Waals surface area contributed by atoms with Crippen LogP contribution in [0.2, 0.25) is 0 Å². The molecule has 0 N–H and O–H groups in total. The molecule has 142 valence electrons. The predicted molar refractivity (Wildman–Crippen MR) is 104 cm³/mol. The molecule has 1 aliphatic rings. The van der Waals surface area contributed by atoms with Crippen molar-refractivity contribution in [2.45, 2.75) is 6.61 Å². The first-order chi connectivity index (χ1) is 13.1. The molecule has 0 aromatic heterocycles. The SMILES string of the molecule is COC(=O)/C=C/c1ccc(OCc2cc3c(cc2Br)OCCO3)c(OC)c1. The lowest BCUT2D eigenvalue weighted by Crippen LogP contribution is -2.15. The normalized spacial score (nSPS) is 12.7. The van der Waals surface area contributed by atoms with E-state index in [4.69, 9.17) is 18.9 Å². The third-order valence-corrected chi connectivity index (χ3v) is 4.63. The van der Waals surface area contributed by atoms with Crippen LogP contribution in [0, 0.1) is 0 Å². The van der Waals surface area contributed by atoms with Crippen LogP contribution in [0.25, 0.3) is 6.08 Å². The van der Waals surface area contributed by atoms with Crippen molar-refractivity contribution in [3.8, 4) is 23.0 Å². The Morgan fingerprint density at radius 3 is 2.56 bits per heavy atom. The summed E-state index contributed by atoms with van der Waals surface area (Å²) in [5.41, 5.74) is 1.72. The standard InChI is InChI=1S/C20H19BrO6/c1-23-17-9-13(4-6-20(22)24-2)3-5-16(17)27-12-14-10-18-19(11-15(14)21)26-8-7-25-18/h3-6,9-11H,7-8,12H2,1-2H3/b6-4+. The van der Waals surface area contributed by atoms with Crippen molar-refractivity contribution >= 4 is 28.0 Å². The molecule has 3 rings (SSSR count). The van der Waals surface area contributed by atoms with Crippen molar-refractivity contribution in [3.05, 3.63) is 52.0 Å². The Morgan fingerprint density at radius 2 is 1.85 bits per heavy atom. The molecule has 0 radical (unpaired) electrons. The predicted octanol–water partition coefficient (Wildman–Crippen LogP) is 3.99. The molecule has 0 amide bonds. The first-order valence-electron chi connectivity index (χ1n) is 8.25. The highest BCUT2D eigenvalue weighted by atomic mass is 79.9. The molecular formula is C20H19BrO6. The van der Waals surface area contributed by atoms with Crippen molar-refractivity contribution in [1.82, 2.24) is 0 Å². The summed E-state index contributed by atoms with van der Waals surface area (Å²) in [4.78, 5) is 11.2. The highest BCUT2D eigenvalue weighted by Crippen LogP contribution is 2.36. The summed E-state index contributed by atoms with van der Waals surface area (Å²) in [6, 6.07) is 9.19. The molecule has 0 saturated heterocycles. The number of ether oxygens (including phenoxy) is 5. The van der Waals surface area contributed by atoms with Gasteiger partial charge in [-0.25, -0.2) is 4.79 Å². The Kier molecular flexibility index (Phi) is 6.24. The highest BCUT2D eigenvalue weighted by Gasteiger charge is 2.15.